The summed E-state index contributed by atoms with van der Waals surface area (Å²) >= 11 is 6.12. The molecule has 0 radical (unpaired) electrons. The van der Waals surface area contributed by atoms with Gasteiger partial charge in [-0.05, 0) is 49.6 Å². The van der Waals surface area contributed by atoms with Crippen LogP contribution >= 0.6 is 11.6 Å². The standard InChI is InChI=1S/C18H15ClN2O3/c1-11-12(19)4-2-5-13(11)20-17(22)18(7-8-18)16-10-15(24-21-16)14-6-3-9-23-14/h2-6,9-10H,7-8H2,1H3,(H,20,22). The maximum atomic E-state index is 12.8. The molecule has 0 unspecified atom stereocenters. The van der Waals surface area contributed by atoms with E-state index >= 15 is 0 Å². The summed E-state index contributed by atoms with van der Waals surface area (Å²) in [5.74, 6) is 1.02. The molecule has 122 valence electrons. The molecule has 1 N–H and O–H groups in total. The second kappa shape index (κ2) is 5.53. The molecule has 1 saturated carbocycles. The van der Waals surface area contributed by atoms with Gasteiger partial charge in [-0.15, -0.1) is 0 Å². The number of nitrogens with one attached hydrogen (secondary N) is 1. The summed E-state index contributed by atoms with van der Waals surface area (Å²) in [5, 5.41) is 7.68. The molecule has 1 amide bonds. The van der Waals surface area contributed by atoms with Crippen LogP contribution in [0.4, 0.5) is 5.69 Å². The lowest BCUT2D eigenvalue weighted by molar-refractivity contribution is -0.118. The van der Waals surface area contributed by atoms with Gasteiger partial charge in [-0.1, -0.05) is 22.8 Å². The minimum atomic E-state index is -0.636. The predicted octanol–water partition coefficient (Wildman–Crippen LogP) is 4.57. The monoisotopic (exact) mass is 342 g/mol. The van der Waals surface area contributed by atoms with E-state index in [1.54, 1.807) is 30.5 Å². The van der Waals surface area contributed by atoms with Crippen LogP contribution in [0, 0.1) is 6.92 Å². The lowest BCUT2D eigenvalue weighted by Crippen LogP contribution is -2.28. The van der Waals surface area contributed by atoms with Crippen molar-refractivity contribution in [2.24, 2.45) is 0 Å². The molecule has 1 fully saturated rings. The van der Waals surface area contributed by atoms with Crippen molar-refractivity contribution in [3.63, 3.8) is 0 Å². The van der Waals surface area contributed by atoms with Crippen molar-refractivity contribution in [3.05, 3.63) is 58.9 Å². The molecule has 5 nitrogen and oxygen atoms in total. The maximum absolute atomic E-state index is 12.8. The quantitative estimate of drug-likeness (QED) is 0.754. The Balaban J connectivity index is 1.59. The van der Waals surface area contributed by atoms with Gasteiger partial charge in [0.2, 0.25) is 11.7 Å². The molecule has 0 spiro atoms. The molecular weight excluding hydrogens is 328 g/mol. The number of carbonyl (C=O) groups is 1. The summed E-state index contributed by atoms with van der Waals surface area (Å²) in [7, 11) is 0. The Morgan fingerprint density at radius 2 is 2.08 bits per heavy atom. The van der Waals surface area contributed by atoms with Crippen molar-refractivity contribution in [1.29, 1.82) is 0 Å². The molecule has 2 aromatic heterocycles. The molecule has 4 rings (SSSR count). The molecule has 6 heteroatoms. The van der Waals surface area contributed by atoms with Crippen LogP contribution in [0.5, 0.6) is 0 Å². The van der Waals surface area contributed by atoms with Gasteiger partial charge >= 0.3 is 0 Å². The second-order valence-electron chi connectivity index (χ2n) is 6.00. The lowest BCUT2D eigenvalue weighted by Gasteiger charge is -2.14. The molecule has 0 atom stereocenters. The minimum absolute atomic E-state index is 0.0906. The van der Waals surface area contributed by atoms with E-state index in [-0.39, 0.29) is 5.91 Å². The van der Waals surface area contributed by atoms with Gasteiger partial charge in [0, 0.05) is 16.8 Å². The Labute approximate surface area is 143 Å². The summed E-state index contributed by atoms with van der Waals surface area (Å²) in [5.41, 5.74) is 1.56. The van der Waals surface area contributed by atoms with Crippen LogP contribution in [0.25, 0.3) is 11.5 Å². The van der Waals surface area contributed by atoms with Crippen LogP contribution in [0.15, 0.2) is 51.6 Å². The zero-order valence-corrected chi connectivity index (χ0v) is 13.8. The van der Waals surface area contributed by atoms with Gasteiger partial charge in [0.05, 0.1) is 17.4 Å². The summed E-state index contributed by atoms with van der Waals surface area (Å²) < 4.78 is 10.6. The highest BCUT2D eigenvalue weighted by molar-refractivity contribution is 6.31. The number of aromatic nitrogens is 1. The number of hydrogen-bond donors (Lipinski definition) is 1. The maximum Gasteiger partial charge on any atom is 0.236 e. The number of halogens is 1. The van der Waals surface area contributed by atoms with E-state index in [1.807, 2.05) is 19.1 Å². The van der Waals surface area contributed by atoms with Crippen molar-refractivity contribution in [2.75, 3.05) is 5.32 Å². The minimum Gasteiger partial charge on any atom is -0.461 e. The van der Waals surface area contributed by atoms with Gasteiger partial charge in [0.25, 0.3) is 0 Å². The largest absolute Gasteiger partial charge is 0.461 e. The van der Waals surface area contributed by atoms with Crippen LogP contribution in [-0.2, 0) is 10.2 Å². The topological polar surface area (TPSA) is 68.3 Å². The van der Waals surface area contributed by atoms with Crippen molar-refractivity contribution < 1.29 is 13.7 Å². The van der Waals surface area contributed by atoms with Crippen LogP contribution < -0.4 is 5.32 Å². The van der Waals surface area contributed by atoms with E-state index in [1.165, 1.54) is 0 Å². The Morgan fingerprint density at radius 1 is 1.25 bits per heavy atom. The Bertz CT molecular complexity index is 895. The molecule has 1 aliphatic carbocycles. The first-order valence-corrected chi connectivity index (χ1v) is 8.06. The fraction of sp³-hybridized carbons (Fsp3) is 0.222. The Kier molecular flexibility index (Phi) is 3.46. The zero-order valence-electron chi connectivity index (χ0n) is 13.0. The molecule has 24 heavy (non-hydrogen) atoms. The smallest absolute Gasteiger partial charge is 0.236 e. The summed E-state index contributed by atoms with van der Waals surface area (Å²) in [6.45, 7) is 1.88. The van der Waals surface area contributed by atoms with Crippen molar-refractivity contribution in [2.45, 2.75) is 25.2 Å². The highest BCUT2D eigenvalue weighted by atomic mass is 35.5. The average molecular weight is 343 g/mol. The summed E-state index contributed by atoms with van der Waals surface area (Å²) in [6, 6.07) is 10.8. The van der Waals surface area contributed by atoms with Gasteiger partial charge < -0.3 is 14.3 Å². The zero-order chi connectivity index (χ0) is 16.7. The number of furan rings is 1. The van der Waals surface area contributed by atoms with E-state index in [4.69, 9.17) is 20.5 Å². The third-order valence-electron chi connectivity index (χ3n) is 4.47. The molecular formula is C18H15ClN2O3. The lowest BCUT2D eigenvalue weighted by atomic mass is 10.0. The van der Waals surface area contributed by atoms with E-state index in [0.717, 1.165) is 18.4 Å². The van der Waals surface area contributed by atoms with Crippen LogP contribution in [0.3, 0.4) is 0 Å². The first kappa shape index (κ1) is 15.0. The van der Waals surface area contributed by atoms with Crippen LogP contribution in [-0.4, -0.2) is 11.1 Å². The Hall–Kier alpha value is -2.53. The average Bonchev–Trinajstić information content (AvgIpc) is 3.01. The third kappa shape index (κ3) is 2.41. The molecule has 0 bridgehead atoms. The van der Waals surface area contributed by atoms with Gasteiger partial charge in [-0.3, -0.25) is 4.79 Å². The van der Waals surface area contributed by atoms with Crippen molar-refractivity contribution >= 4 is 23.2 Å². The SMILES string of the molecule is Cc1c(Cl)cccc1NC(=O)C1(c2cc(-c3ccco3)on2)CC1. The number of amides is 1. The van der Waals surface area contributed by atoms with Crippen LogP contribution in [0.1, 0.15) is 24.1 Å². The summed E-state index contributed by atoms with van der Waals surface area (Å²) in [4.78, 5) is 12.8. The number of anilines is 1. The third-order valence-corrected chi connectivity index (χ3v) is 4.87. The Morgan fingerprint density at radius 3 is 2.79 bits per heavy atom. The molecule has 3 aromatic rings. The first-order chi connectivity index (χ1) is 11.6. The van der Waals surface area contributed by atoms with Gasteiger partial charge in [-0.2, -0.15) is 0 Å². The van der Waals surface area contributed by atoms with Crippen molar-refractivity contribution in [3.8, 4) is 11.5 Å². The number of carbonyl (C=O) groups excluding carboxylic acids is 1. The summed E-state index contributed by atoms with van der Waals surface area (Å²) in [6.07, 6.45) is 3.05. The number of benzene rings is 1. The highest BCUT2D eigenvalue weighted by Crippen LogP contribution is 2.49. The molecule has 0 saturated heterocycles. The fourth-order valence-electron chi connectivity index (χ4n) is 2.74. The second-order valence-corrected chi connectivity index (χ2v) is 6.41. The van der Waals surface area contributed by atoms with E-state index in [9.17, 15) is 4.79 Å². The first-order valence-electron chi connectivity index (χ1n) is 7.68. The number of rotatable bonds is 4. The molecule has 1 aliphatic rings. The fourth-order valence-corrected chi connectivity index (χ4v) is 2.92. The highest BCUT2D eigenvalue weighted by Gasteiger charge is 2.54. The van der Waals surface area contributed by atoms with Gasteiger partial charge in [-0.25, -0.2) is 0 Å². The molecule has 1 aromatic carbocycles. The van der Waals surface area contributed by atoms with E-state index in [2.05, 4.69) is 10.5 Å². The normalized spacial score (nSPS) is 15.2. The van der Waals surface area contributed by atoms with Crippen molar-refractivity contribution in [1.82, 2.24) is 5.16 Å². The molecule has 0 aliphatic heterocycles. The van der Waals surface area contributed by atoms with Crippen LogP contribution in [0.2, 0.25) is 5.02 Å². The number of nitrogens with zero attached hydrogens (tertiary/aromatic N) is 1. The number of hydrogen-bond acceptors (Lipinski definition) is 4. The van der Waals surface area contributed by atoms with Gasteiger partial charge in [0.1, 0.15) is 0 Å². The van der Waals surface area contributed by atoms with Gasteiger partial charge in [0.15, 0.2) is 5.76 Å². The molecule has 2 heterocycles. The van der Waals surface area contributed by atoms with E-state index < -0.39 is 5.41 Å². The van der Waals surface area contributed by atoms with E-state index in [0.29, 0.717) is 27.9 Å². The predicted molar refractivity (Wildman–Crippen MR) is 89.9 cm³/mol.